The Bertz CT molecular complexity index is 711. The number of aryl methyl sites for hydroxylation is 1. The van der Waals surface area contributed by atoms with Gasteiger partial charge in [0.05, 0.1) is 17.8 Å². The van der Waals surface area contributed by atoms with E-state index in [1.54, 1.807) is 10.9 Å². The van der Waals surface area contributed by atoms with Crippen LogP contribution in [0.4, 0.5) is 0 Å². The van der Waals surface area contributed by atoms with Crippen LogP contribution >= 0.6 is 0 Å². The van der Waals surface area contributed by atoms with Crippen LogP contribution in [0.1, 0.15) is 31.2 Å². The molecule has 2 N–H and O–H groups in total. The fraction of sp³-hybridized carbons (Fsp3) is 0.389. The number of hydrogen-bond donors (Lipinski definition) is 2. The Morgan fingerprint density at radius 3 is 2.75 bits per heavy atom. The summed E-state index contributed by atoms with van der Waals surface area (Å²) in [6, 6.07) is 9.80. The molecule has 2 aromatic rings. The molecule has 1 aromatic heterocycles. The number of carbonyl (C=O) groups excluding carboxylic acids is 1. The van der Waals surface area contributed by atoms with Crippen LogP contribution in [0.5, 0.6) is 0 Å². The Morgan fingerprint density at radius 1 is 1.25 bits per heavy atom. The smallest absolute Gasteiger partial charge is 0.306 e. The number of carboxylic acids is 1. The Labute approximate surface area is 140 Å². The second kappa shape index (κ2) is 7.29. The van der Waals surface area contributed by atoms with Crippen molar-refractivity contribution in [3.8, 4) is 5.69 Å². The van der Waals surface area contributed by atoms with E-state index in [0.717, 1.165) is 17.7 Å². The maximum atomic E-state index is 12.0. The lowest BCUT2D eigenvalue weighted by Gasteiger charge is -2.12. The molecule has 1 aliphatic rings. The fourth-order valence-corrected chi connectivity index (χ4v) is 3.11. The van der Waals surface area contributed by atoms with Crippen molar-refractivity contribution in [3.05, 3.63) is 48.3 Å². The molecule has 1 saturated carbocycles. The van der Waals surface area contributed by atoms with Crippen molar-refractivity contribution in [3.63, 3.8) is 0 Å². The van der Waals surface area contributed by atoms with Gasteiger partial charge in [0.1, 0.15) is 0 Å². The molecule has 1 heterocycles. The van der Waals surface area contributed by atoms with Crippen LogP contribution in [0.25, 0.3) is 5.69 Å². The zero-order valence-electron chi connectivity index (χ0n) is 13.4. The third kappa shape index (κ3) is 4.01. The first kappa shape index (κ1) is 16.2. The molecule has 2 atom stereocenters. The summed E-state index contributed by atoms with van der Waals surface area (Å²) >= 11 is 0. The van der Waals surface area contributed by atoms with E-state index in [0.29, 0.717) is 25.7 Å². The summed E-state index contributed by atoms with van der Waals surface area (Å²) in [6.45, 7) is 0. The molecular weight excluding hydrogens is 306 g/mol. The number of carboxylic acid groups (broad SMARTS) is 1. The van der Waals surface area contributed by atoms with E-state index in [2.05, 4.69) is 10.4 Å². The van der Waals surface area contributed by atoms with E-state index in [-0.39, 0.29) is 17.9 Å². The third-order valence-corrected chi connectivity index (χ3v) is 4.44. The van der Waals surface area contributed by atoms with Gasteiger partial charge in [-0.3, -0.25) is 9.59 Å². The summed E-state index contributed by atoms with van der Waals surface area (Å²) in [5.74, 6) is -1.11. The summed E-state index contributed by atoms with van der Waals surface area (Å²) in [5, 5.41) is 16.3. The first-order valence-electron chi connectivity index (χ1n) is 8.23. The third-order valence-electron chi connectivity index (χ3n) is 4.44. The fourth-order valence-electron chi connectivity index (χ4n) is 3.11. The van der Waals surface area contributed by atoms with Crippen LogP contribution < -0.4 is 5.32 Å². The second-order valence-electron chi connectivity index (χ2n) is 6.24. The average molecular weight is 327 g/mol. The highest BCUT2D eigenvalue weighted by Crippen LogP contribution is 2.25. The van der Waals surface area contributed by atoms with Gasteiger partial charge in [0, 0.05) is 18.7 Å². The molecule has 1 aromatic carbocycles. The predicted octanol–water partition coefficient (Wildman–Crippen LogP) is 2.17. The van der Waals surface area contributed by atoms with Gasteiger partial charge in [-0.25, -0.2) is 4.68 Å². The van der Waals surface area contributed by atoms with Crippen molar-refractivity contribution in [2.24, 2.45) is 5.92 Å². The maximum Gasteiger partial charge on any atom is 0.306 e. The molecule has 6 heteroatoms. The molecule has 1 amide bonds. The standard InChI is InChI=1S/C18H21N3O3/c22-17(20-15-8-7-14(10-15)18(23)24)9-6-13-11-19-21(12-13)16-4-2-1-3-5-16/h1-5,11-12,14-15H,6-10H2,(H,20,22)(H,23,24)/t14-,15+/m1/s1. The van der Waals surface area contributed by atoms with Gasteiger partial charge in [-0.05, 0) is 43.4 Å². The number of carbonyl (C=O) groups is 2. The summed E-state index contributed by atoms with van der Waals surface area (Å²) in [4.78, 5) is 23.0. The number of nitrogens with zero attached hydrogens (tertiary/aromatic N) is 2. The lowest BCUT2D eigenvalue weighted by Crippen LogP contribution is -2.33. The van der Waals surface area contributed by atoms with E-state index < -0.39 is 5.97 Å². The maximum absolute atomic E-state index is 12.0. The van der Waals surface area contributed by atoms with Crippen molar-refractivity contribution in [1.29, 1.82) is 0 Å². The van der Waals surface area contributed by atoms with E-state index >= 15 is 0 Å². The molecule has 1 fully saturated rings. The van der Waals surface area contributed by atoms with Crippen molar-refractivity contribution in [2.45, 2.75) is 38.1 Å². The van der Waals surface area contributed by atoms with Gasteiger partial charge < -0.3 is 10.4 Å². The largest absolute Gasteiger partial charge is 0.481 e. The van der Waals surface area contributed by atoms with E-state index in [4.69, 9.17) is 5.11 Å². The van der Waals surface area contributed by atoms with Crippen molar-refractivity contribution in [1.82, 2.24) is 15.1 Å². The monoisotopic (exact) mass is 327 g/mol. The number of amides is 1. The van der Waals surface area contributed by atoms with Crippen LogP contribution in [-0.2, 0) is 16.0 Å². The summed E-state index contributed by atoms with van der Waals surface area (Å²) in [6.07, 6.45) is 6.63. The van der Waals surface area contributed by atoms with Gasteiger partial charge in [0.2, 0.25) is 5.91 Å². The summed E-state index contributed by atoms with van der Waals surface area (Å²) in [7, 11) is 0. The van der Waals surface area contributed by atoms with Crippen molar-refractivity contribution < 1.29 is 14.7 Å². The highest BCUT2D eigenvalue weighted by molar-refractivity contribution is 5.77. The minimum atomic E-state index is -0.764. The first-order chi connectivity index (χ1) is 11.6. The molecule has 0 spiro atoms. The Morgan fingerprint density at radius 2 is 2.04 bits per heavy atom. The van der Waals surface area contributed by atoms with Gasteiger partial charge in [0.25, 0.3) is 0 Å². The molecule has 6 nitrogen and oxygen atoms in total. The zero-order chi connectivity index (χ0) is 16.9. The Kier molecular flexibility index (Phi) is 4.93. The number of aliphatic carboxylic acids is 1. The molecule has 0 saturated heterocycles. The van der Waals surface area contributed by atoms with Crippen molar-refractivity contribution >= 4 is 11.9 Å². The summed E-state index contributed by atoms with van der Waals surface area (Å²) in [5.41, 5.74) is 1.99. The number of benzene rings is 1. The normalized spacial score (nSPS) is 20.0. The molecule has 24 heavy (non-hydrogen) atoms. The first-order valence-corrected chi connectivity index (χ1v) is 8.23. The van der Waals surface area contributed by atoms with Crippen LogP contribution in [0.2, 0.25) is 0 Å². The van der Waals surface area contributed by atoms with Crippen LogP contribution in [0, 0.1) is 5.92 Å². The zero-order valence-corrected chi connectivity index (χ0v) is 13.4. The minimum Gasteiger partial charge on any atom is -0.481 e. The summed E-state index contributed by atoms with van der Waals surface area (Å²) < 4.78 is 1.79. The quantitative estimate of drug-likeness (QED) is 0.851. The lowest BCUT2D eigenvalue weighted by atomic mass is 10.1. The molecule has 126 valence electrons. The minimum absolute atomic E-state index is 0.00866. The van der Waals surface area contributed by atoms with Gasteiger partial charge in [-0.15, -0.1) is 0 Å². The lowest BCUT2D eigenvalue weighted by molar-refractivity contribution is -0.141. The Hall–Kier alpha value is -2.63. The van der Waals surface area contributed by atoms with E-state index in [9.17, 15) is 9.59 Å². The number of para-hydroxylation sites is 1. The number of hydrogen-bond acceptors (Lipinski definition) is 3. The molecule has 0 unspecified atom stereocenters. The van der Waals surface area contributed by atoms with Crippen LogP contribution in [0.3, 0.4) is 0 Å². The number of nitrogens with one attached hydrogen (secondary N) is 1. The number of rotatable bonds is 6. The Balaban J connectivity index is 1.47. The van der Waals surface area contributed by atoms with Crippen LogP contribution in [-0.4, -0.2) is 32.8 Å². The van der Waals surface area contributed by atoms with Gasteiger partial charge in [-0.2, -0.15) is 5.10 Å². The van der Waals surface area contributed by atoms with E-state index in [1.165, 1.54) is 0 Å². The predicted molar refractivity (Wildman–Crippen MR) is 88.8 cm³/mol. The van der Waals surface area contributed by atoms with Gasteiger partial charge in [-0.1, -0.05) is 18.2 Å². The SMILES string of the molecule is O=C(CCc1cnn(-c2ccccc2)c1)N[C@H]1CC[C@@H](C(=O)O)C1. The second-order valence-corrected chi connectivity index (χ2v) is 6.24. The molecule has 1 aliphatic carbocycles. The van der Waals surface area contributed by atoms with Crippen LogP contribution in [0.15, 0.2) is 42.7 Å². The molecule has 0 bridgehead atoms. The average Bonchev–Trinajstić information content (AvgIpc) is 3.23. The van der Waals surface area contributed by atoms with E-state index in [1.807, 2.05) is 36.5 Å². The molecule has 3 rings (SSSR count). The molecule has 0 radical (unpaired) electrons. The highest BCUT2D eigenvalue weighted by atomic mass is 16.4. The highest BCUT2D eigenvalue weighted by Gasteiger charge is 2.30. The number of aromatic nitrogens is 2. The topological polar surface area (TPSA) is 84.2 Å². The van der Waals surface area contributed by atoms with Gasteiger partial charge in [0.15, 0.2) is 0 Å². The van der Waals surface area contributed by atoms with Gasteiger partial charge >= 0.3 is 5.97 Å². The molecular formula is C18H21N3O3. The molecule has 0 aliphatic heterocycles. The van der Waals surface area contributed by atoms with Crippen molar-refractivity contribution in [2.75, 3.05) is 0 Å².